The molecule has 0 N–H and O–H groups in total. The maximum Gasteiger partial charge on any atom is 0.102 e. The molecule has 0 saturated heterocycles. The van der Waals surface area contributed by atoms with Crippen molar-refractivity contribution < 1.29 is 0 Å². The number of thioether (sulfide) groups is 1. The topological polar surface area (TPSA) is 27.0 Å². The molecular weight excluding hydrogens is 228 g/mol. The molecule has 0 aliphatic carbocycles. The Kier molecular flexibility index (Phi) is 4.97. The Hall–Kier alpha value is -0.690. The van der Waals surface area contributed by atoms with Crippen LogP contribution < -0.4 is 0 Å². The minimum atomic E-state index is 0.535. The number of rotatable bonds is 4. The highest BCUT2D eigenvalue weighted by Crippen LogP contribution is 2.27. The molecule has 0 saturated carbocycles. The van der Waals surface area contributed by atoms with Crippen LogP contribution in [0.25, 0.3) is 0 Å². The van der Waals surface area contributed by atoms with Crippen molar-refractivity contribution in [2.45, 2.75) is 4.90 Å². The van der Waals surface area contributed by atoms with E-state index in [2.05, 4.69) is 11.0 Å². The fraction of sp³-hybridized carbons (Fsp3) is 0.364. The molecule has 80 valence electrons. The number of nitriles is 1. The standard InChI is InChI=1S/C11H13ClN2S/c1-14(2)6-7-15-11-5-3-4-10(12)9(11)8-13/h3-5H,6-7H2,1-2H3. The molecule has 0 aliphatic rings. The van der Waals surface area contributed by atoms with Crippen LogP contribution in [0.15, 0.2) is 23.1 Å². The van der Waals surface area contributed by atoms with E-state index >= 15 is 0 Å². The SMILES string of the molecule is CN(C)CCSc1cccc(Cl)c1C#N. The summed E-state index contributed by atoms with van der Waals surface area (Å²) in [4.78, 5) is 3.08. The van der Waals surface area contributed by atoms with Crippen LogP contribution in [0.2, 0.25) is 5.02 Å². The predicted octanol–water partition coefficient (Wildman–Crippen LogP) is 2.87. The van der Waals surface area contributed by atoms with Crippen LogP contribution in [0.4, 0.5) is 0 Å². The highest BCUT2D eigenvalue weighted by Gasteiger charge is 2.06. The fourth-order valence-electron chi connectivity index (χ4n) is 1.07. The van der Waals surface area contributed by atoms with Crippen molar-refractivity contribution in [3.63, 3.8) is 0 Å². The van der Waals surface area contributed by atoms with Crippen LogP contribution in [-0.4, -0.2) is 31.3 Å². The van der Waals surface area contributed by atoms with Gasteiger partial charge in [0, 0.05) is 17.2 Å². The first-order valence-electron chi connectivity index (χ1n) is 4.61. The number of nitrogens with zero attached hydrogens (tertiary/aromatic N) is 2. The third kappa shape index (κ3) is 3.75. The molecule has 0 heterocycles. The number of halogens is 1. The number of hydrogen-bond donors (Lipinski definition) is 0. The predicted molar refractivity (Wildman–Crippen MR) is 65.4 cm³/mol. The summed E-state index contributed by atoms with van der Waals surface area (Å²) in [5, 5.41) is 9.48. The third-order valence-electron chi connectivity index (χ3n) is 1.88. The molecule has 1 aromatic carbocycles. The highest BCUT2D eigenvalue weighted by molar-refractivity contribution is 7.99. The Morgan fingerprint density at radius 2 is 2.20 bits per heavy atom. The monoisotopic (exact) mass is 240 g/mol. The number of hydrogen-bond acceptors (Lipinski definition) is 3. The van der Waals surface area contributed by atoms with Gasteiger partial charge in [0.2, 0.25) is 0 Å². The van der Waals surface area contributed by atoms with Crippen LogP contribution in [0.3, 0.4) is 0 Å². The van der Waals surface area contributed by atoms with Crippen LogP contribution in [0.5, 0.6) is 0 Å². The molecule has 1 rings (SSSR count). The van der Waals surface area contributed by atoms with E-state index in [4.69, 9.17) is 16.9 Å². The normalized spacial score (nSPS) is 10.3. The smallest absolute Gasteiger partial charge is 0.102 e. The van der Waals surface area contributed by atoms with Crippen LogP contribution in [0.1, 0.15) is 5.56 Å². The first-order chi connectivity index (χ1) is 7.15. The van der Waals surface area contributed by atoms with Gasteiger partial charge in [-0.25, -0.2) is 0 Å². The van der Waals surface area contributed by atoms with Gasteiger partial charge in [0.25, 0.3) is 0 Å². The van der Waals surface area contributed by atoms with Gasteiger partial charge in [-0.2, -0.15) is 5.26 Å². The van der Waals surface area contributed by atoms with Crippen molar-refractivity contribution in [1.29, 1.82) is 5.26 Å². The summed E-state index contributed by atoms with van der Waals surface area (Å²) in [6.45, 7) is 0.988. The Morgan fingerprint density at radius 1 is 1.47 bits per heavy atom. The molecule has 15 heavy (non-hydrogen) atoms. The Morgan fingerprint density at radius 3 is 2.80 bits per heavy atom. The Bertz CT molecular complexity index is 371. The molecule has 0 fully saturated rings. The fourth-order valence-corrected chi connectivity index (χ4v) is 2.50. The van der Waals surface area contributed by atoms with E-state index in [0.717, 1.165) is 17.2 Å². The average Bonchev–Trinajstić information content (AvgIpc) is 2.17. The summed E-state index contributed by atoms with van der Waals surface area (Å²) in [6.07, 6.45) is 0. The maximum absolute atomic E-state index is 8.95. The zero-order valence-electron chi connectivity index (χ0n) is 8.83. The molecule has 0 unspecified atom stereocenters. The molecule has 1 aromatic rings. The summed E-state index contributed by atoms with van der Waals surface area (Å²) >= 11 is 7.59. The molecule has 0 aromatic heterocycles. The Labute approximate surface area is 99.8 Å². The lowest BCUT2D eigenvalue weighted by atomic mass is 10.2. The van der Waals surface area contributed by atoms with E-state index in [-0.39, 0.29) is 0 Å². The number of benzene rings is 1. The van der Waals surface area contributed by atoms with E-state index in [1.54, 1.807) is 17.8 Å². The van der Waals surface area contributed by atoms with E-state index in [1.165, 1.54) is 0 Å². The molecule has 0 amide bonds. The molecule has 0 aliphatic heterocycles. The van der Waals surface area contributed by atoms with E-state index in [9.17, 15) is 0 Å². The van der Waals surface area contributed by atoms with Gasteiger partial charge in [-0.3, -0.25) is 0 Å². The maximum atomic E-state index is 8.95. The van der Waals surface area contributed by atoms with E-state index in [1.807, 2.05) is 26.2 Å². The summed E-state index contributed by atoms with van der Waals surface area (Å²) < 4.78 is 0. The first-order valence-corrected chi connectivity index (χ1v) is 5.97. The molecule has 0 radical (unpaired) electrons. The molecule has 4 heteroatoms. The molecule has 2 nitrogen and oxygen atoms in total. The van der Waals surface area contributed by atoms with Crippen LogP contribution >= 0.6 is 23.4 Å². The summed E-state index contributed by atoms with van der Waals surface area (Å²) in [7, 11) is 4.06. The first kappa shape index (κ1) is 12.4. The molecule has 0 spiro atoms. The molecular formula is C11H13ClN2S. The second kappa shape index (κ2) is 6.02. The quantitative estimate of drug-likeness (QED) is 0.758. The lowest BCUT2D eigenvalue weighted by molar-refractivity contribution is 0.437. The lowest BCUT2D eigenvalue weighted by Crippen LogP contribution is -2.14. The Balaban J connectivity index is 2.69. The van der Waals surface area contributed by atoms with Crippen molar-refractivity contribution in [3.8, 4) is 6.07 Å². The van der Waals surface area contributed by atoms with Crippen molar-refractivity contribution >= 4 is 23.4 Å². The van der Waals surface area contributed by atoms with Gasteiger partial charge in [0.1, 0.15) is 6.07 Å². The van der Waals surface area contributed by atoms with Gasteiger partial charge < -0.3 is 4.90 Å². The summed E-state index contributed by atoms with van der Waals surface area (Å²) in [5.41, 5.74) is 0.586. The largest absolute Gasteiger partial charge is 0.309 e. The van der Waals surface area contributed by atoms with Gasteiger partial charge in [0.15, 0.2) is 0 Å². The zero-order valence-corrected chi connectivity index (χ0v) is 10.4. The molecule has 0 bridgehead atoms. The third-order valence-corrected chi connectivity index (χ3v) is 3.24. The van der Waals surface area contributed by atoms with Crippen LogP contribution in [-0.2, 0) is 0 Å². The summed E-state index contributed by atoms with van der Waals surface area (Å²) in [5.74, 6) is 0.960. The zero-order chi connectivity index (χ0) is 11.3. The van der Waals surface area contributed by atoms with E-state index < -0.39 is 0 Å². The van der Waals surface area contributed by atoms with Crippen molar-refractivity contribution in [2.75, 3.05) is 26.4 Å². The van der Waals surface area contributed by atoms with E-state index in [0.29, 0.717) is 10.6 Å². The van der Waals surface area contributed by atoms with Gasteiger partial charge in [-0.1, -0.05) is 17.7 Å². The van der Waals surface area contributed by atoms with Gasteiger partial charge in [0.05, 0.1) is 10.6 Å². The van der Waals surface area contributed by atoms with Gasteiger partial charge in [-0.15, -0.1) is 11.8 Å². The van der Waals surface area contributed by atoms with Gasteiger partial charge >= 0.3 is 0 Å². The molecule has 0 atom stereocenters. The van der Waals surface area contributed by atoms with Crippen LogP contribution in [0, 0.1) is 11.3 Å². The van der Waals surface area contributed by atoms with Gasteiger partial charge in [-0.05, 0) is 26.2 Å². The summed E-state index contributed by atoms with van der Waals surface area (Å²) in [6, 6.07) is 7.69. The average molecular weight is 241 g/mol. The highest BCUT2D eigenvalue weighted by atomic mass is 35.5. The minimum Gasteiger partial charge on any atom is -0.309 e. The minimum absolute atomic E-state index is 0.535. The lowest BCUT2D eigenvalue weighted by Gasteiger charge is -2.09. The second-order valence-electron chi connectivity index (χ2n) is 3.38. The van der Waals surface area contributed by atoms with Crippen molar-refractivity contribution in [3.05, 3.63) is 28.8 Å². The van der Waals surface area contributed by atoms with Crippen molar-refractivity contribution in [2.24, 2.45) is 0 Å². The van der Waals surface area contributed by atoms with Crippen molar-refractivity contribution in [1.82, 2.24) is 4.90 Å². The second-order valence-corrected chi connectivity index (χ2v) is 4.92.